The number of halogens is 1. The maximum Gasteiger partial charge on any atom is 0.314 e. The molecule has 0 atom stereocenters. The van der Waals surface area contributed by atoms with Crippen molar-refractivity contribution >= 4 is 32.9 Å². The molecular formula is C13H10BrN5O3. The number of aromatic nitrogens is 4. The number of aromatic amines is 3. The van der Waals surface area contributed by atoms with E-state index >= 15 is 0 Å². The van der Waals surface area contributed by atoms with E-state index in [-0.39, 0.29) is 5.69 Å². The molecule has 5 N–H and O–H groups in total. The quantitative estimate of drug-likeness (QED) is 0.500. The van der Waals surface area contributed by atoms with E-state index in [0.29, 0.717) is 23.3 Å². The third-order valence-electron chi connectivity index (χ3n) is 3.12. The van der Waals surface area contributed by atoms with E-state index in [1.165, 1.54) is 6.20 Å². The molecule has 0 bridgehead atoms. The summed E-state index contributed by atoms with van der Waals surface area (Å²) in [6, 6.07) is 3.48. The van der Waals surface area contributed by atoms with Gasteiger partial charge in [0, 0.05) is 17.1 Å². The Morgan fingerprint density at radius 1 is 1.23 bits per heavy atom. The van der Waals surface area contributed by atoms with E-state index in [4.69, 9.17) is 5.73 Å². The highest BCUT2D eigenvalue weighted by molar-refractivity contribution is 9.10. The monoisotopic (exact) mass is 363 g/mol. The lowest BCUT2D eigenvalue weighted by molar-refractivity contribution is 0.0996. The fourth-order valence-electron chi connectivity index (χ4n) is 2.16. The van der Waals surface area contributed by atoms with Crippen LogP contribution in [0.5, 0.6) is 0 Å². The van der Waals surface area contributed by atoms with Crippen molar-refractivity contribution < 1.29 is 4.79 Å². The van der Waals surface area contributed by atoms with Crippen molar-refractivity contribution in [2.75, 3.05) is 0 Å². The van der Waals surface area contributed by atoms with E-state index in [2.05, 4.69) is 35.9 Å². The molecule has 8 nitrogen and oxygen atoms in total. The van der Waals surface area contributed by atoms with Crippen LogP contribution < -0.4 is 16.9 Å². The van der Waals surface area contributed by atoms with Gasteiger partial charge in [0.1, 0.15) is 11.5 Å². The molecule has 112 valence electrons. The number of rotatable bonds is 3. The van der Waals surface area contributed by atoms with Gasteiger partial charge in [-0.05, 0) is 17.7 Å². The fraction of sp³-hybridized carbons (Fsp3) is 0.0769. The van der Waals surface area contributed by atoms with Gasteiger partial charge in [0.05, 0.1) is 11.0 Å². The maximum absolute atomic E-state index is 11.5. The van der Waals surface area contributed by atoms with E-state index in [1.807, 2.05) is 0 Å². The van der Waals surface area contributed by atoms with Crippen molar-refractivity contribution in [3.63, 3.8) is 0 Å². The zero-order valence-corrected chi connectivity index (χ0v) is 12.7. The molecule has 0 aliphatic carbocycles. The van der Waals surface area contributed by atoms with E-state index in [9.17, 15) is 14.4 Å². The van der Waals surface area contributed by atoms with Crippen LogP contribution in [0.25, 0.3) is 11.0 Å². The van der Waals surface area contributed by atoms with Gasteiger partial charge in [-0.3, -0.25) is 14.4 Å². The molecule has 0 fully saturated rings. The summed E-state index contributed by atoms with van der Waals surface area (Å²) < 4.78 is 0.736. The summed E-state index contributed by atoms with van der Waals surface area (Å²) in [5.41, 5.74) is 5.57. The molecule has 0 aliphatic heterocycles. The zero-order chi connectivity index (χ0) is 15.9. The third kappa shape index (κ3) is 2.58. The molecule has 0 unspecified atom stereocenters. The number of H-pyrrole nitrogens is 3. The van der Waals surface area contributed by atoms with Gasteiger partial charge >= 0.3 is 11.1 Å². The fourth-order valence-corrected chi connectivity index (χ4v) is 2.66. The smallest absolute Gasteiger partial charge is 0.314 e. The summed E-state index contributed by atoms with van der Waals surface area (Å²) >= 11 is 3.35. The summed E-state index contributed by atoms with van der Waals surface area (Å²) in [4.78, 5) is 46.0. The molecule has 3 rings (SSSR count). The normalized spacial score (nSPS) is 11.0. The minimum Gasteiger partial charge on any atom is -0.364 e. The molecule has 0 spiro atoms. The van der Waals surface area contributed by atoms with Gasteiger partial charge in [-0.15, -0.1) is 0 Å². The van der Waals surface area contributed by atoms with Crippen LogP contribution in [0, 0.1) is 0 Å². The van der Waals surface area contributed by atoms with Crippen molar-refractivity contribution in [2.24, 2.45) is 5.73 Å². The van der Waals surface area contributed by atoms with Gasteiger partial charge in [-0.2, -0.15) is 0 Å². The Morgan fingerprint density at radius 2 is 1.95 bits per heavy atom. The predicted octanol–water partition coefficient (Wildman–Crippen LogP) is 0.392. The maximum atomic E-state index is 11.5. The van der Waals surface area contributed by atoms with Crippen molar-refractivity contribution in [2.45, 2.75) is 6.42 Å². The summed E-state index contributed by atoms with van der Waals surface area (Å²) in [5.74, 6) is -0.111. The molecule has 0 radical (unpaired) electrons. The minimum absolute atomic E-state index is 0.135. The average molecular weight is 364 g/mol. The van der Waals surface area contributed by atoms with Gasteiger partial charge in [0.2, 0.25) is 0 Å². The number of carbonyl (C=O) groups excluding carboxylic acids is 1. The number of fused-ring (bicyclic) bond motifs is 1. The minimum atomic E-state index is -0.728. The predicted molar refractivity (Wildman–Crippen MR) is 82.8 cm³/mol. The van der Waals surface area contributed by atoms with E-state index < -0.39 is 17.0 Å². The Kier molecular flexibility index (Phi) is 3.41. The number of benzene rings is 1. The Hall–Kier alpha value is -2.68. The van der Waals surface area contributed by atoms with E-state index in [1.54, 1.807) is 12.1 Å². The average Bonchev–Trinajstić information content (AvgIpc) is 2.90. The highest BCUT2D eigenvalue weighted by atomic mass is 79.9. The van der Waals surface area contributed by atoms with Crippen LogP contribution >= 0.6 is 15.9 Å². The molecule has 2 aromatic heterocycles. The Labute approximate surface area is 130 Å². The second-order valence-corrected chi connectivity index (χ2v) is 5.58. The SMILES string of the molecule is NC(=O)c1c[nH]c(Cc2cc(Br)cc3[nH]c(=O)c(=O)[nH]c23)n1. The molecule has 9 heteroatoms. The first-order chi connectivity index (χ1) is 10.4. The van der Waals surface area contributed by atoms with E-state index in [0.717, 1.165) is 10.0 Å². The van der Waals surface area contributed by atoms with Crippen LogP contribution in [0.4, 0.5) is 0 Å². The van der Waals surface area contributed by atoms with Gasteiger partial charge < -0.3 is 20.7 Å². The number of nitrogens with zero attached hydrogens (tertiary/aromatic N) is 1. The lowest BCUT2D eigenvalue weighted by Gasteiger charge is -2.06. The second-order valence-electron chi connectivity index (χ2n) is 4.67. The number of amides is 1. The number of hydrogen-bond donors (Lipinski definition) is 4. The van der Waals surface area contributed by atoms with Crippen molar-refractivity contribution in [3.8, 4) is 0 Å². The number of nitrogens with two attached hydrogens (primary N) is 1. The molecule has 0 saturated carbocycles. The lowest BCUT2D eigenvalue weighted by atomic mass is 10.1. The van der Waals surface area contributed by atoms with Gasteiger partial charge in [0.15, 0.2) is 0 Å². The lowest BCUT2D eigenvalue weighted by Crippen LogP contribution is -2.29. The van der Waals surface area contributed by atoms with Crippen molar-refractivity contribution in [1.82, 2.24) is 19.9 Å². The summed E-state index contributed by atoms with van der Waals surface area (Å²) in [6.45, 7) is 0. The van der Waals surface area contributed by atoms with Crippen LogP contribution in [0.1, 0.15) is 21.9 Å². The van der Waals surface area contributed by atoms with Gasteiger partial charge in [0.25, 0.3) is 5.91 Å². The number of carbonyl (C=O) groups is 1. The van der Waals surface area contributed by atoms with Crippen LogP contribution in [-0.4, -0.2) is 25.8 Å². The third-order valence-corrected chi connectivity index (χ3v) is 3.58. The van der Waals surface area contributed by atoms with Crippen LogP contribution in [0.3, 0.4) is 0 Å². The summed E-state index contributed by atoms with van der Waals surface area (Å²) in [5, 5.41) is 0. The Balaban J connectivity index is 2.13. The second kappa shape index (κ2) is 5.26. The number of imidazole rings is 1. The summed E-state index contributed by atoms with van der Waals surface area (Å²) in [7, 11) is 0. The first kappa shape index (κ1) is 14.3. The molecule has 1 amide bonds. The molecule has 22 heavy (non-hydrogen) atoms. The van der Waals surface area contributed by atoms with Crippen LogP contribution in [0.2, 0.25) is 0 Å². The van der Waals surface area contributed by atoms with Crippen molar-refractivity contribution in [3.05, 3.63) is 60.6 Å². The first-order valence-electron chi connectivity index (χ1n) is 6.23. The topological polar surface area (TPSA) is 137 Å². The highest BCUT2D eigenvalue weighted by Crippen LogP contribution is 2.22. The van der Waals surface area contributed by atoms with Crippen LogP contribution in [0.15, 0.2) is 32.4 Å². The van der Waals surface area contributed by atoms with Crippen LogP contribution in [-0.2, 0) is 6.42 Å². The number of hydrogen-bond acceptors (Lipinski definition) is 4. The molecule has 3 aromatic rings. The van der Waals surface area contributed by atoms with Gasteiger partial charge in [-0.25, -0.2) is 4.98 Å². The largest absolute Gasteiger partial charge is 0.364 e. The standard InChI is InChI=1S/C13H10BrN5O3/c14-6-1-5(2-9-16-4-8(17-9)11(15)20)10-7(3-6)18-12(21)13(22)19-10/h1,3-4H,2H2,(H2,15,20)(H,16,17)(H,18,21)(H,19,22). The highest BCUT2D eigenvalue weighted by Gasteiger charge is 2.11. The Morgan fingerprint density at radius 3 is 2.64 bits per heavy atom. The molecular weight excluding hydrogens is 354 g/mol. The summed E-state index contributed by atoms with van der Waals surface area (Å²) in [6.07, 6.45) is 1.74. The molecule has 0 aliphatic rings. The molecule has 0 saturated heterocycles. The number of nitrogens with one attached hydrogen (secondary N) is 3. The molecule has 1 aromatic carbocycles. The van der Waals surface area contributed by atoms with Crippen molar-refractivity contribution in [1.29, 1.82) is 0 Å². The number of primary amides is 1. The Bertz CT molecular complexity index is 1000. The zero-order valence-electron chi connectivity index (χ0n) is 11.1. The molecule has 2 heterocycles. The first-order valence-corrected chi connectivity index (χ1v) is 7.02. The van der Waals surface area contributed by atoms with Gasteiger partial charge in [-0.1, -0.05) is 15.9 Å².